The predicted octanol–water partition coefficient (Wildman–Crippen LogP) is 7.24. The number of carbonyl (C=O) groups is 2. The zero-order valence-corrected chi connectivity index (χ0v) is 28.9. The molecule has 10 atom stereocenters. The molecule has 7 nitrogen and oxygen atoms in total. The second kappa shape index (κ2) is 11.4. The van der Waals surface area contributed by atoms with Gasteiger partial charge in [-0.3, -0.25) is 9.69 Å². The molecular weight excluding hydrogens is 552 g/mol. The number of carbonyl (C=O) groups excluding carboxylic acids is 1. The summed E-state index contributed by atoms with van der Waals surface area (Å²) in [6, 6.07) is 0. The Morgan fingerprint density at radius 2 is 1.61 bits per heavy atom. The van der Waals surface area contributed by atoms with Crippen molar-refractivity contribution in [3.8, 4) is 0 Å². The number of carboxylic acids is 1. The van der Waals surface area contributed by atoms with Crippen molar-refractivity contribution >= 4 is 12.1 Å². The summed E-state index contributed by atoms with van der Waals surface area (Å²) in [5.41, 5.74) is -0.0263. The van der Waals surface area contributed by atoms with Crippen LogP contribution in [0.2, 0.25) is 0 Å². The first kappa shape index (κ1) is 32.6. The molecule has 5 saturated carbocycles. The van der Waals surface area contributed by atoms with Gasteiger partial charge in [0, 0.05) is 31.6 Å². The van der Waals surface area contributed by atoms with E-state index in [1.807, 2.05) is 0 Å². The molecule has 250 valence electrons. The summed E-state index contributed by atoms with van der Waals surface area (Å²) in [7, 11) is 0. The van der Waals surface area contributed by atoms with E-state index in [1.54, 1.807) is 0 Å². The van der Waals surface area contributed by atoms with Crippen molar-refractivity contribution in [1.29, 1.82) is 0 Å². The number of rotatable bonds is 6. The van der Waals surface area contributed by atoms with Crippen molar-refractivity contribution in [1.82, 2.24) is 10.2 Å². The summed E-state index contributed by atoms with van der Waals surface area (Å²) in [5, 5.41) is 13.7. The quantitative estimate of drug-likeness (QED) is 0.328. The SMILES string of the molecule is CC(C)[C@@H]1CC[C@]2(C(=O)O)CC[C@]3(C)C(CCC4[C@@]5(C)CC[C@@H](OC(=O)NCCN6CCOCC6)C(C)(C)C5CC[C@]43C)C12. The molecule has 1 saturated heterocycles. The molecule has 7 heteroatoms. The molecule has 0 aromatic rings. The van der Waals surface area contributed by atoms with E-state index in [4.69, 9.17) is 9.47 Å². The van der Waals surface area contributed by atoms with Crippen LogP contribution in [0.25, 0.3) is 0 Å². The number of hydrogen-bond donors (Lipinski definition) is 2. The van der Waals surface area contributed by atoms with Crippen molar-refractivity contribution in [3.05, 3.63) is 0 Å². The molecule has 0 aromatic heterocycles. The number of nitrogens with one attached hydrogen (secondary N) is 1. The molecule has 5 aliphatic carbocycles. The number of carboxylic acid groups (broad SMARTS) is 1. The van der Waals surface area contributed by atoms with Gasteiger partial charge >= 0.3 is 12.1 Å². The van der Waals surface area contributed by atoms with Crippen LogP contribution in [0, 0.1) is 62.6 Å². The highest BCUT2D eigenvalue weighted by atomic mass is 16.6. The summed E-state index contributed by atoms with van der Waals surface area (Å²) < 4.78 is 11.7. The van der Waals surface area contributed by atoms with Gasteiger partial charge in [-0.1, -0.05) is 48.5 Å². The average molecular weight is 615 g/mol. The second-order valence-corrected chi connectivity index (χ2v) is 17.7. The lowest BCUT2D eigenvalue weighted by atomic mass is 9.32. The van der Waals surface area contributed by atoms with Gasteiger partial charge in [-0.25, -0.2) is 4.79 Å². The fraction of sp³-hybridized carbons (Fsp3) is 0.946. The molecule has 0 radical (unpaired) electrons. The first-order valence-electron chi connectivity index (χ1n) is 18.2. The van der Waals surface area contributed by atoms with Gasteiger partial charge in [0.1, 0.15) is 6.10 Å². The molecule has 6 fully saturated rings. The van der Waals surface area contributed by atoms with Crippen LogP contribution in [-0.4, -0.2) is 67.6 Å². The fourth-order valence-corrected chi connectivity index (χ4v) is 13.3. The lowest BCUT2D eigenvalue weighted by molar-refractivity contribution is -0.249. The zero-order valence-electron chi connectivity index (χ0n) is 28.9. The van der Waals surface area contributed by atoms with Gasteiger partial charge in [0.15, 0.2) is 0 Å². The number of amides is 1. The summed E-state index contributed by atoms with van der Waals surface area (Å²) in [6.45, 7) is 22.0. The minimum absolute atomic E-state index is 0.0728. The lowest BCUT2D eigenvalue weighted by Crippen LogP contribution is -2.67. The zero-order chi connectivity index (χ0) is 31.7. The maximum Gasteiger partial charge on any atom is 0.407 e. The predicted molar refractivity (Wildman–Crippen MR) is 172 cm³/mol. The molecule has 4 unspecified atom stereocenters. The van der Waals surface area contributed by atoms with Crippen LogP contribution >= 0.6 is 0 Å². The van der Waals surface area contributed by atoms with Crippen LogP contribution in [-0.2, 0) is 14.3 Å². The molecule has 44 heavy (non-hydrogen) atoms. The Hall–Kier alpha value is -1.34. The van der Waals surface area contributed by atoms with Gasteiger partial charge in [0.25, 0.3) is 0 Å². The second-order valence-electron chi connectivity index (χ2n) is 17.7. The Kier molecular flexibility index (Phi) is 8.46. The van der Waals surface area contributed by atoms with Gasteiger partial charge in [-0.2, -0.15) is 0 Å². The van der Waals surface area contributed by atoms with Crippen molar-refractivity contribution in [3.63, 3.8) is 0 Å². The molecule has 6 rings (SSSR count). The summed E-state index contributed by atoms with van der Waals surface area (Å²) in [4.78, 5) is 28.3. The third kappa shape index (κ3) is 4.78. The van der Waals surface area contributed by atoms with Gasteiger partial charge in [-0.15, -0.1) is 0 Å². The number of ether oxygens (including phenoxy) is 2. The van der Waals surface area contributed by atoms with E-state index in [2.05, 4.69) is 58.7 Å². The first-order valence-corrected chi connectivity index (χ1v) is 18.2. The monoisotopic (exact) mass is 614 g/mol. The van der Waals surface area contributed by atoms with Gasteiger partial charge in [0.05, 0.1) is 18.6 Å². The normalized spacial score (nSPS) is 46.7. The number of morpholine rings is 1. The highest BCUT2D eigenvalue weighted by Gasteiger charge is 2.72. The van der Waals surface area contributed by atoms with Gasteiger partial charge in [-0.05, 0) is 116 Å². The molecule has 6 aliphatic rings. The maximum atomic E-state index is 13.0. The number of fused-ring (bicyclic) bond motifs is 7. The van der Waals surface area contributed by atoms with E-state index in [9.17, 15) is 14.7 Å². The Labute approximate surface area is 266 Å². The third-order valence-corrected chi connectivity index (χ3v) is 15.8. The van der Waals surface area contributed by atoms with Crippen molar-refractivity contribution in [2.24, 2.45) is 62.6 Å². The van der Waals surface area contributed by atoms with E-state index >= 15 is 0 Å². The standard InChI is InChI=1S/C37H62N2O5/c1-24(2)25-10-15-37(31(40)41)17-16-35(6)26(30(25)37)8-9-28-34(5)13-12-29(33(3,4)27(34)11-14-36(28,35)7)44-32(42)38-18-19-39-20-22-43-23-21-39/h24-30H,8-23H2,1-7H3,(H,38,42)(H,40,41)/t25-,26?,27?,28?,29+,30?,34-,35+,36+,37-/m0/s1. The van der Waals surface area contributed by atoms with Crippen LogP contribution in [0.1, 0.15) is 113 Å². The van der Waals surface area contributed by atoms with Crippen LogP contribution < -0.4 is 5.32 Å². The van der Waals surface area contributed by atoms with Crippen LogP contribution in [0.5, 0.6) is 0 Å². The molecule has 0 bridgehead atoms. The average Bonchev–Trinajstić information content (AvgIpc) is 3.37. The van der Waals surface area contributed by atoms with E-state index < -0.39 is 11.4 Å². The molecule has 1 aliphatic heterocycles. The Balaban J connectivity index is 1.18. The number of nitrogens with zero attached hydrogens (tertiary/aromatic N) is 1. The van der Waals surface area contributed by atoms with E-state index in [-0.39, 0.29) is 33.9 Å². The van der Waals surface area contributed by atoms with Crippen molar-refractivity contribution in [2.75, 3.05) is 39.4 Å². The van der Waals surface area contributed by atoms with Crippen molar-refractivity contribution in [2.45, 2.75) is 119 Å². The molecular formula is C37H62N2O5. The largest absolute Gasteiger partial charge is 0.481 e. The Bertz CT molecular complexity index is 1100. The van der Waals surface area contributed by atoms with Gasteiger partial charge in [0.2, 0.25) is 0 Å². The summed E-state index contributed by atoms with van der Waals surface area (Å²) in [5.74, 6) is 2.48. The molecule has 0 spiro atoms. The van der Waals surface area contributed by atoms with Crippen LogP contribution in [0.4, 0.5) is 4.79 Å². The van der Waals surface area contributed by atoms with Crippen LogP contribution in [0.15, 0.2) is 0 Å². The minimum atomic E-state index is -0.513. The smallest absolute Gasteiger partial charge is 0.407 e. The molecule has 2 N–H and O–H groups in total. The maximum absolute atomic E-state index is 13.0. The Morgan fingerprint density at radius 1 is 0.886 bits per heavy atom. The number of hydrogen-bond acceptors (Lipinski definition) is 5. The lowest BCUT2D eigenvalue weighted by Gasteiger charge is -2.72. The summed E-state index contributed by atoms with van der Waals surface area (Å²) >= 11 is 0. The molecule has 1 amide bonds. The number of aliphatic carboxylic acids is 1. The minimum Gasteiger partial charge on any atom is -0.481 e. The fourth-order valence-electron chi connectivity index (χ4n) is 13.3. The highest BCUT2D eigenvalue weighted by Crippen LogP contribution is 2.77. The topological polar surface area (TPSA) is 88.1 Å². The van der Waals surface area contributed by atoms with E-state index in [0.29, 0.717) is 42.1 Å². The highest BCUT2D eigenvalue weighted by molar-refractivity contribution is 5.76. The Morgan fingerprint density at radius 3 is 2.30 bits per heavy atom. The van der Waals surface area contributed by atoms with Crippen LogP contribution in [0.3, 0.4) is 0 Å². The van der Waals surface area contributed by atoms with Gasteiger partial charge < -0.3 is 19.9 Å². The molecule has 1 heterocycles. The summed E-state index contributed by atoms with van der Waals surface area (Å²) in [6.07, 6.45) is 10.3. The first-order chi connectivity index (χ1) is 20.7. The van der Waals surface area contributed by atoms with E-state index in [0.717, 1.165) is 71.4 Å². The molecule has 0 aromatic carbocycles. The number of alkyl carbamates (subject to hydrolysis) is 1. The van der Waals surface area contributed by atoms with E-state index in [1.165, 1.54) is 25.7 Å². The van der Waals surface area contributed by atoms with Crippen molar-refractivity contribution < 1.29 is 24.2 Å². The third-order valence-electron chi connectivity index (χ3n) is 15.8.